The van der Waals surface area contributed by atoms with Gasteiger partial charge in [0, 0.05) is 32.3 Å². The number of aliphatic carboxylic acids is 2. The second kappa shape index (κ2) is 58.6. The van der Waals surface area contributed by atoms with Gasteiger partial charge in [-0.25, -0.2) is 0 Å². The molecule has 7 unspecified atom stereocenters. The summed E-state index contributed by atoms with van der Waals surface area (Å²) < 4.78 is 25.8. The number of rotatable bonds is 35. The van der Waals surface area contributed by atoms with Crippen molar-refractivity contribution in [1.82, 2.24) is 0 Å². The van der Waals surface area contributed by atoms with Crippen molar-refractivity contribution in [3.05, 3.63) is 0 Å². The highest BCUT2D eigenvalue weighted by Gasteiger charge is 2.29. The summed E-state index contributed by atoms with van der Waals surface area (Å²) in [5.41, 5.74) is 7.61. The summed E-state index contributed by atoms with van der Waals surface area (Å²) in [7, 11) is 0. The molecule has 18 heteroatoms. The monoisotopic (exact) mass is 1490 g/mol. The smallest absolute Gasteiger partial charge is 0.322 e. The van der Waals surface area contributed by atoms with Crippen LogP contribution in [0.1, 0.15) is 365 Å². The summed E-state index contributed by atoms with van der Waals surface area (Å²) in [4.78, 5) is 102. The van der Waals surface area contributed by atoms with E-state index >= 15 is 0 Å². The van der Waals surface area contributed by atoms with E-state index in [0.717, 1.165) is 83.0 Å². The zero-order valence-electron chi connectivity index (χ0n) is 73.3. The first-order valence-electron chi connectivity index (χ1n) is 38.8. The summed E-state index contributed by atoms with van der Waals surface area (Å²) in [5, 5.41) is 25.9. The van der Waals surface area contributed by atoms with Gasteiger partial charge in [-0.05, 0) is 152 Å². The SMILES string of the molecule is C.CC(C(=O)OCCCC(C)(C)C)C(C)(C)C.CC(C)(C)CCCO.CC(C)C(C)C(=O)OCCCC(C)(C)C.CC(C)CC(C)(C)C.CC(CC(=O)CC(C)C(=O)OCCCC(C)(C)C)C(=O)O.CC(CCC(=O)CC(C)C(=O)OCCCC(C)(C)C)C(=O)O.CC(N)C(=O)OCCCC(C)(C)C. The molecule has 5 N–H and O–H groups in total. The molecule has 0 heterocycles. The van der Waals surface area contributed by atoms with Crippen LogP contribution in [-0.2, 0) is 66.8 Å². The standard InChI is InChI=1S/C17H30O5.C16H28O5.C14H28O2.C13H26O2.C10H21NO2.C8H18.C7H16O.CH4/c1-12(15(19)20)7-8-14(18)11-13(2)16(21)22-10-6-9-17(3,4)5;1-11(14(18)19)9-13(17)10-12(2)15(20)21-8-6-7-16(3,4)5;1-11(14(5,6)7)12(15)16-10-8-9-13(2,3)4;1-10(2)11(3)12(14)15-9-7-8-13(4,5)6;1-8(11)9(12)13-7-5-6-10(2,3)4;1-7(2)6-8(3,4)5;1-7(2,3)5-4-6-8;/h12-13H,6-11H2,1-5H3,(H,19,20);11-12H,6-10H2,1-5H3,(H,18,19);11H,8-10H2,1-7H3;10-11H,7-9H2,1-6H3;8H,5-7,11H2,1-4H3;7H,6H2,1-5H3;8H,4-6H2,1-3H3;1H4. The first-order chi connectivity index (χ1) is 46.1. The van der Waals surface area contributed by atoms with Crippen LogP contribution in [0.15, 0.2) is 0 Å². The third-order valence-electron chi connectivity index (χ3n) is 16.2. The Labute approximate surface area is 640 Å². The number of hydrogen-bond acceptors (Lipinski definition) is 16. The molecule has 0 aromatic heterocycles. The van der Waals surface area contributed by atoms with Gasteiger partial charge in [-0.15, -0.1) is 0 Å². The van der Waals surface area contributed by atoms with Gasteiger partial charge in [-0.2, -0.15) is 0 Å². The molecule has 7 atom stereocenters. The highest BCUT2D eigenvalue weighted by molar-refractivity contribution is 5.87. The highest BCUT2D eigenvalue weighted by atomic mass is 16.5. The van der Waals surface area contributed by atoms with Crippen LogP contribution in [0.5, 0.6) is 0 Å². The maximum Gasteiger partial charge on any atom is 0.322 e. The van der Waals surface area contributed by atoms with E-state index in [1.165, 1.54) is 13.3 Å². The number of carbonyl (C=O) groups is 9. The maximum absolute atomic E-state index is 11.8. The van der Waals surface area contributed by atoms with Crippen LogP contribution in [0.4, 0.5) is 0 Å². The van der Waals surface area contributed by atoms with Crippen molar-refractivity contribution in [3.8, 4) is 0 Å². The minimum atomic E-state index is -0.999. The molecule has 0 saturated carbocycles. The number of ketones is 2. The lowest BCUT2D eigenvalue weighted by atomic mass is 9.82. The van der Waals surface area contributed by atoms with E-state index in [-0.39, 0.29) is 103 Å². The zero-order chi connectivity index (χ0) is 82.9. The van der Waals surface area contributed by atoms with E-state index in [1.807, 2.05) is 27.7 Å². The van der Waals surface area contributed by atoms with E-state index in [9.17, 15) is 43.2 Å². The summed E-state index contributed by atoms with van der Waals surface area (Å²) in [6, 6.07) is -0.505. The number of carboxylic acids is 2. The molecule has 104 heavy (non-hydrogen) atoms. The van der Waals surface area contributed by atoms with Crippen molar-refractivity contribution in [2.45, 2.75) is 371 Å². The van der Waals surface area contributed by atoms with Gasteiger partial charge in [0.15, 0.2) is 0 Å². The Bertz CT molecular complexity index is 2260. The Kier molecular flexibility index (Phi) is 65.0. The number of esters is 5. The van der Waals surface area contributed by atoms with Crippen LogP contribution in [0, 0.1) is 90.7 Å². The van der Waals surface area contributed by atoms with Crippen molar-refractivity contribution in [2.75, 3.05) is 39.6 Å². The number of ether oxygens (including phenoxy) is 5. The molecule has 0 aliphatic rings. The quantitative estimate of drug-likeness (QED) is 0.0260. The van der Waals surface area contributed by atoms with E-state index in [2.05, 4.69) is 180 Å². The topological polar surface area (TPSA) is 286 Å². The van der Waals surface area contributed by atoms with Gasteiger partial charge in [0.2, 0.25) is 0 Å². The maximum atomic E-state index is 11.8. The van der Waals surface area contributed by atoms with E-state index in [0.29, 0.717) is 79.1 Å². The van der Waals surface area contributed by atoms with E-state index in [1.54, 1.807) is 27.7 Å². The zero-order valence-corrected chi connectivity index (χ0v) is 73.3. The second-order valence-corrected chi connectivity index (χ2v) is 39.1. The number of Topliss-reactive ketones (excluding diaryl/α,β-unsaturated/α-hetero) is 2. The molecular formula is C86H171NO17. The average Bonchev–Trinajstić information content (AvgIpc) is 0.888. The molecule has 0 aliphatic heterocycles. The molecule has 0 saturated heterocycles. The third-order valence-corrected chi connectivity index (χ3v) is 16.2. The minimum Gasteiger partial charge on any atom is -0.481 e. The summed E-state index contributed by atoms with van der Waals surface area (Å²) in [6.45, 7) is 75.2. The summed E-state index contributed by atoms with van der Waals surface area (Å²) >= 11 is 0. The lowest BCUT2D eigenvalue weighted by Gasteiger charge is -2.25. The summed E-state index contributed by atoms with van der Waals surface area (Å²) in [6.07, 6.45) is 13.6. The lowest BCUT2D eigenvalue weighted by Crippen LogP contribution is -2.29. The number of aliphatic hydroxyl groups excluding tert-OH is 1. The highest BCUT2D eigenvalue weighted by Crippen LogP contribution is 2.29. The fraction of sp³-hybridized carbons (Fsp3) is 0.895. The fourth-order valence-corrected chi connectivity index (χ4v) is 8.97. The van der Waals surface area contributed by atoms with Gasteiger partial charge in [-0.1, -0.05) is 243 Å². The minimum absolute atomic E-state index is 0. The molecule has 0 radical (unpaired) electrons. The molecule has 622 valence electrons. The van der Waals surface area contributed by atoms with Crippen LogP contribution in [0.25, 0.3) is 0 Å². The van der Waals surface area contributed by atoms with Gasteiger partial charge in [0.05, 0.1) is 68.5 Å². The molecular weight excluding hydrogens is 1320 g/mol. The van der Waals surface area contributed by atoms with Crippen molar-refractivity contribution in [2.24, 2.45) is 96.4 Å². The van der Waals surface area contributed by atoms with E-state index < -0.39 is 41.7 Å². The molecule has 0 fully saturated rings. The molecule has 0 aromatic carbocycles. The van der Waals surface area contributed by atoms with Gasteiger partial charge in [0.25, 0.3) is 0 Å². The van der Waals surface area contributed by atoms with Crippen molar-refractivity contribution in [3.63, 3.8) is 0 Å². The van der Waals surface area contributed by atoms with Crippen LogP contribution < -0.4 is 5.73 Å². The van der Waals surface area contributed by atoms with E-state index in [4.69, 9.17) is 44.7 Å². The molecule has 0 bridgehead atoms. The van der Waals surface area contributed by atoms with Crippen LogP contribution >= 0.6 is 0 Å². The molecule has 0 rings (SSSR count). The van der Waals surface area contributed by atoms with Gasteiger partial charge >= 0.3 is 41.8 Å². The van der Waals surface area contributed by atoms with Crippen molar-refractivity contribution >= 4 is 53.4 Å². The largest absolute Gasteiger partial charge is 0.481 e. The average molecular weight is 1490 g/mol. The Morgan fingerprint density at radius 2 is 0.615 bits per heavy atom. The second-order valence-electron chi connectivity index (χ2n) is 39.1. The predicted octanol–water partition coefficient (Wildman–Crippen LogP) is 21.4. The third kappa shape index (κ3) is 89.9. The van der Waals surface area contributed by atoms with Crippen molar-refractivity contribution in [1.29, 1.82) is 0 Å². The molecule has 0 amide bonds. The van der Waals surface area contributed by atoms with Gasteiger partial charge in [0.1, 0.15) is 17.6 Å². The fourth-order valence-electron chi connectivity index (χ4n) is 8.97. The first kappa shape index (κ1) is 115. The van der Waals surface area contributed by atoms with Gasteiger partial charge < -0.3 is 44.7 Å². The molecule has 0 aromatic rings. The first-order valence-corrected chi connectivity index (χ1v) is 38.8. The van der Waals surface area contributed by atoms with Crippen LogP contribution in [0.3, 0.4) is 0 Å². The Hall–Kier alpha value is -4.45. The molecule has 0 spiro atoms. The Morgan fingerprint density at radius 1 is 0.346 bits per heavy atom. The number of carbonyl (C=O) groups excluding carboxylic acids is 7. The normalized spacial score (nSPS) is 13.8. The summed E-state index contributed by atoms with van der Waals surface area (Å²) in [5.74, 6) is -4.46. The van der Waals surface area contributed by atoms with Gasteiger partial charge in [-0.3, -0.25) is 43.2 Å². The number of nitrogens with two attached hydrogens (primary N) is 1. The number of hydrogen-bond donors (Lipinski definition) is 4. The van der Waals surface area contributed by atoms with Crippen LogP contribution in [-0.4, -0.2) is 114 Å². The number of aliphatic hydroxyl groups is 1. The Balaban J connectivity index is -0.000000176. The Morgan fingerprint density at radius 3 is 0.846 bits per heavy atom. The van der Waals surface area contributed by atoms with Crippen molar-refractivity contribution < 1.29 is 82.2 Å². The molecule has 0 aliphatic carbocycles. The molecule has 18 nitrogen and oxygen atoms in total. The predicted molar refractivity (Wildman–Crippen MR) is 431 cm³/mol. The number of carboxylic acid groups (broad SMARTS) is 2. The van der Waals surface area contributed by atoms with Crippen LogP contribution in [0.2, 0.25) is 0 Å². The lowest BCUT2D eigenvalue weighted by molar-refractivity contribution is -0.152.